The molecule has 0 spiro atoms. The van der Waals surface area contributed by atoms with Crippen LogP contribution in [0.25, 0.3) is 0 Å². The molecule has 0 aromatic heterocycles. The van der Waals surface area contributed by atoms with Gasteiger partial charge in [-0.15, -0.1) is 0 Å². The summed E-state index contributed by atoms with van der Waals surface area (Å²) in [6.07, 6.45) is -0.0117. The molecule has 0 bridgehead atoms. The Hall–Kier alpha value is -0.863. The van der Waals surface area contributed by atoms with E-state index in [0.717, 1.165) is 6.04 Å². The van der Waals surface area contributed by atoms with Crippen LogP contribution in [0.2, 0.25) is 25.7 Å². The van der Waals surface area contributed by atoms with Gasteiger partial charge in [-0.3, -0.25) is 4.79 Å². The van der Waals surface area contributed by atoms with Crippen LogP contribution >= 0.6 is 0 Å². The number of nitriles is 1. The molecule has 0 fully saturated rings. The standard InChI is InChI=1S/C9H18N2O2Si/c1-14(2,3)5-4-13-9(12)6-8(11)7-10/h8H,4-6,11H2,1-3H3/t8-/m0/s1. The third-order valence-electron chi connectivity index (χ3n) is 1.67. The molecular weight excluding hydrogens is 196 g/mol. The van der Waals surface area contributed by atoms with E-state index in [9.17, 15) is 4.79 Å². The molecule has 0 aliphatic carbocycles. The molecule has 4 nitrogen and oxygen atoms in total. The van der Waals surface area contributed by atoms with Gasteiger partial charge in [-0.1, -0.05) is 19.6 Å². The van der Waals surface area contributed by atoms with Gasteiger partial charge in [-0.2, -0.15) is 5.26 Å². The lowest BCUT2D eigenvalue weighted by atomic mass is 10.2. The number of rotatable bonds is 5. The van der Waals surface area contributed by atoms with Crippen LogP contribution in [0.5, 0.6) is 0 Å². The fraction of sp³-hybridized carbons (Fsp3) is 0.778. The highest BCUT2D eigenvalue weighted by atomic mass is 28.3. The van der Waals surface area contributed by atoms with Crippen LogP contribution in [0.3, 0.4) is 0 Å². The molecule has 1 atom stereocenters. The molecule has 0 aromatic rings. The van der Waals surface area contributed by atoms with Crippen molar-refractivity contribution >= 4 is 14.0 Å². The van der Waals surface area contributed by atoms with E-state index in [1.54, 1.807) is 6.07 Å². The molecule has 0 rings (SSSR count). The Morgan fingerprint density at radius 1 is 1.57 bits per heavy atom. The normalized spacial score (nSPS) is 13.1. The molecule has 2 N–H and O–H groups in total. The number of carbonyl (C=O) groups excluding carboxylic acids is 1. The van der Waals surface area contributed by atoms with Crippen LogP contribution in [0.4, 0.5) is 0 Å². The van der Waals surface area contributed by atoms with Crippen molar-refractivity contribution in [2.75, 3.05) is 6.61 Å². The number of hydrogen-bond acceptors (Lipinski definition) is 4. The fourth-order valence-electron chi connectivity index (χ4n) is 0.755. The maximum absolute atomic E-state index is 11.1. The summed E-state index contributed by atoms with van der Waals surface area (Å²) in [6, 6.07) is 1.99. The second kappa shape index (κ2) is 5.78. The molecule has 0 unspecified atom stereocenters. The van der Waals surface area contributed by atoms with Crippen molar-refractivity contribution in [1.82, 2.24) is 0 Å². The second-order valence-corrected chi connectivity index (χ2v) is 10.1. The molecule has 0 amide bonds. The first-order chi connectivity index (χ1) is 6.35. The summed E-state index contributed by atoms with van der Waals surface area (Å²) >= 11 is 0. The molecule has 0 aromatic carbocycles. The van der Waals surface area contributed by atoms with Crippen molar-refractivity contribution in [3.63, 3.8) is 0 Å². The summed E-state index contributed by atoms with van der Waals surface area (Å²) in [5.41, 5.74) is 5.28. The zero-order chi connectivity index (χ0) is 11.2. The minimum Gasteiger partial charge on any atom is -0.466 e. The van der Waals surface area contributed by atoms with E-state index in [4.69, 9.17) is 15.7 Å². The summed E-state index contributed by atoms with van der Waals surface area (Å²) < 4.78 is 4.96. The smallest absolute Gasteiger partial charge is 0.308 e. The van der Waals surface area contributed by atoms with Gasteiger partial charge in [-0.25, -0.2) is 0 Å². The van der Waals surface area contributed by atoms with Gasteiger partial charge in [0.25, 0.3) is 0 Å². The number of ether oxygens (including phenoxy) is 1. The first-order valence-corrected chi connectivity index (χ1v) is 8.37. The van der Waals surface area contributed by atoms with Crippen LogP contribution in [-0.4, -0.2) is 26.7 Å². The maximum atomic E-state index is 11.1. The topological polar surface area (TPSA) is 76.1 Å². The largest absolute Gasteiger partial charge is 0.466 e. The SMILES string of the molecule is C[Si](C)(C)CCOC(=O)C[C@H](N)C#N. The van der Waals surface area contributed by atoms with Crippen molar-refractivity contribution < 1.29 is 9.53 Å². The molecule has 0 aliphatic heterocycles. The highest BCUT2D eigenvalue weighted by Crippen LogP contribution is 2.07. The van der Waals surface area contributed by atoms with Crippen LogP contribution in [0.15, 0.2) is 0 Å². The highest BCUT2D eigenvalue weighted by molar-refractivity contribution is 6.76. The van der Waals surface area contributed by atoms with Crippen molar-refractivity contribution in [3.8, 4) is 6.07 Å². The Morgan fingerprint density at radius 2 is 2.14 bits per heavy atom. The Balaban J connectivity index is 3.61. The van der Waals surface area contributed by atoms with E-state index in [-0.39, 0.29) is 12.4 Å². The number of carbonyl (C=O) groups is 1. The Bertz CT molecular complexity index is 230. The number of hydrogen-bond donors (Lipinski definition) is 1. The van der Waals surface area contributed by atoms with Crippen LogP contribution in [-0.2, 0) is 9.53 Å². The average molecular weight is 214 g/mol. The van der Waals surface area contributed by atoms with Crippen molar-refractivity contribution in [3.05, 3.63) is 0 Å². The van der Waals surface area contributed by atoms with Crippen molar-refractivity contribution in [2.45, 2.75) is 38.1 Å². The van der Waals surface area contributed by atoms with Gasteiger partial charge < -0.3 is 10.5 Å². The summed E-state index contributed by atoms with van der Waals surface area (Å²) in [4.78, 5) is 11.1. The van der Waals surface area contributed by atoms with E-state index in [2.05, 4.69) is 19.6 Å². The number of nitrogens with two attached hydrogens (primary N) is 1. The molecule has 0 aliphatic rings. The van der Waals surface area contributed by atoms with E-state index in [0.29, 0.717) is 6.61 Å². The molecule has 0 radical (unpaired) electrons. The first-order valence-electron chi connectivity index (χ1n) is 4.66. The first kappa shape index (κ1) is 13.1. The third-order valence-corrected chi connectivity index (χ3v) is 3.37. The van der Waals surface area contributed by atoms with Gasteiger partial charge in [0.05, 0.1) is 19.1 Å². The maximum Gasteiger partial charge on any atom is 0.308 e. The van der Waals surface area contributed by atoms with Gasteiger partial charge in [-0.05, 0) is 6.04 Å². The minimum atomic E-state index is -1.15. The van der Waals surface area contributed by atoms with E-state index in [1.807, 2.05) is 0 Å². The third kappa shape index (κ3) is 7.77. The lowest BCUT2D eigenvalue weighted by Crippen LogP contribution is -2.26. The summed E-state index contributed by atoms with van der Waals surface area (Å²) in [5, 5.41) is 8.36. The predicted octanol–water partition coefficient (Wildman–Crippen LogP) is 1.11. The zero-order valence-electron chi connectivity index (χ0n) is 9.04. The van der Waals surface area contributed by atoms with E-state index >= 15 is 0 Å². The predicted molar refractivity (Wildman–Crippen MR) is 57.3 cm³/mol. The van der Waals surface area contributed by atoms with Gasteiger partial charge in [0.15, 0.2) is 0 Å². The van der Waals surface area contributed by atoms with Crippen molar-refractivity contribution in [2.24, 2.45) is 5.73 Å². The molecule has 14 heavy (non-hydrogen) atoms. The summed E-state index contributed by atoms with van der Waals surface area (Å²) in [5.74, 6) is -0.377. The van der Waals surface area contributed by atoms with Crippen LogP contribution in [0, 0.1) is 11.3 Å². The van der Waals surface area contributed by atoms with Gasteiger partial charge in [0, 0.05) is 8.07 Å². The molecule has 0 saturated heterocycles. The Morgan fingerprint density at radius 3 is 2.57 bits per heavy atom. The molecule has 0 heterocycles. The molecule has 0 saturated carbocycles. The zero-order valence-corrected chi connectivity index (χ0v) is 10.0. The van der Waals surface area contributed by atoms with Crippen LogP contribution < -0.4 is 5.73 Å². The van der Waals surface area contributed by atoms with Gasteiger partial charge >= 0.3 is 5.97 Å². The highest BCUT2D eigenvalue weighted by Gasteiger charge is 2.15. The quantitative estimate of drug-likeness (QED) is 0.549. The van der Waals surface area contributed by atoms with Gasteiger partial charge in [0.2, 0.25) is 0 Å². The van der Waals surface area contributed by atoms with E-state index < -0.39 is 14.1 Å². The lowest BCUT2D eigenvalue weighted by molar-refractivity contribution is -0.143. The number of esters is 1. The average Bonchev–Trinajstić information content (AvgIpc) is 2.01. The molecule has 80 valence electrons. The Kier molecular flexibility index (Phi) is 5.42. The van der Waals surface area contributed by atoms with E-state index in [1.165, 1.54) is 0 Å². The monoisotopic (exact) mass is 214 g/mol. The van der Waals surface area contributed by atoms with Crippen LogP contribution in [0.1, 0.15) is 6.42 Å². The van der Waals surface area contributed by atoms with Gasteiger partial charge in [0.1, 0.15) is 6.04 Å². The number of nitrogens with zero attached hydrogens (tertiary/aromatic N) is 1. The second-order valence-electron chi connectivity index (χ2n) is 4.47. The Labute approximate surface area is 86.0 Å². The lowest BCUT2D eigenvalue weighted by Gasteiger charge is -2.15. The molecule has 5 heteroatoms. The summed E-state index contributed by atoms with van der Waals surface area (Å²) in [6.45, 7) is 7.08. The summed E-state index contributed by atoms with van der Waals surface area (Å²) in [7, 11) is -1.15. The fourth-order valence-corrected chi connectivity index (χ4v) is 1.47. The van der Waals surface area contributed by atoms with Crippen molar-refractivity contribution in [1.29, 1.82) is 5.26 Å². The molecular formula is C9H18N2O2Si. The minimum absolute atomic E-state index is 0.0117.